The molecule has 1 N–H and O–H groups in total. The number of fused-ring (bicyclic) bond motifs is 1. The summed E-state index contributed by atoms with van der Waals surface area (Å²) in [5.41, 5.74) is 5.00. The van der Waals surface area contributed by atoms with Crippen molar-refractivity contribution < 1.29 is 9.53 Å². The molecule has 27 heavy (non-hydrogen) atoms. The zero-order valence-corrected chi connectivity index (χ0v) is 17.5. The van der Waals surface area contributed by atoms with Crippen LogP contribution in [0.2, 0.25) is 0 Å². The van der Waals surface area contributed by atoms with Crippen LogP contribution < -0.4 is 10.2 Å². The number of allylic oxidation sites excluding steroid dienone is 4. The molecule has 0 radical (unpaired) electrons. The van der Waals surface area contributed by atoms with E-state index >= 15 is 0 Å². The molecule has 0 atom stereocenters. The fourth-order valence-corrected chi connectivity index (χ4v) is 3.05. The first-order chi connectivity index (χ1) is 13.0. The second kappa shape index (κ2) is 10.7. The lowest BCUT2D eigenvalue weighted by Crippen LogP contribution is -2.24. The van der Waals surface area contributed by atoms with E-state index in [-0.39, 0.29) is 12.5 Å². The third-order valence-electron chi connectivity index (χ3n) is 3.90. The van der Waals surface area contributed by atoms with Gasteiger partial charge in [0.25, 0.3) is 5.91 Å². The van der Waals surface area contributed by atoms with E-state index in [0.717, 1.165) is 28.1 Å². The average molecular weight is 429 g/mol. The maximum atomic E-state index is 11.9. The van der Waals surface area contributed by atoms with Crippen molar-refractivity contribution >= 4 is 38.8 Å². The van der Waals surface area contributed by atoms with E-state index in [4.69, 9.17) is 4.74 Å². The lowest BCUT2D eigenvalue weighted by Gasteiger charge is -2.09. The Labute approximate surface area is 169 Å². The summed E-state index contributed by atoms with van der Waals surface area (Å²) in [5.74, 6) is 0.324. The van der Waals surface area contributed by atoms with Crippen LogP contribution >= 0.6 is 15.9 Å². The molecular weight excluding hydrogens is 404 g/mol. The quantitative estimate of drug-likeness (QED) is 0.329. The SMILES string of the molecule is CC(C)=CCC/C(C)=C/C=N\NC(=O)COc1ccc2ccccc2c1Br. The van der Waals surface area contributed by atoms with Crippen LogP contribution in [-0.4, -0.2) is 18.7 Å². The van der Waals surface area contributed by atoms with Gasteiger partial charge in [-0.3, -0.25) is 4.79 Å². The Morgan fingerprint density at radius 3 is 2.74 bits per heavy atom. The summed E-state index contributed by atoms with van der Waals surface area (Å²) in [7, 11) is 0. The van der Waals surface area contributed by atoms with Crippen LogP contribution in [0.5, 0.6) is 5.75 Å². The largest absolute Gasteiger partial charge is 0.483 e. The first-order valence-electron chi connectivity index (χ1n) is 8.88. The van der Waals surface area contributed by atoms with Crippen LogP contribution in [0.15, 0.2) is 69.3 Å². The zero-order valence-electron chi connectivity index (χ0n) is 16.0. The number of amides is 1. The molecule has 0 aliphatic rings. The van der Waals surface area contributed by atoms with Crippen LogP contribution in [0.25, 0.3) is 10.8 Å². The molecule has 0 aromatic heterocycles. The third-order valence-corrected chi connectivity index (χ3v) is 4.72. The molecule has 0 aliphatic carbocycles. The summed E-state index contributed by atoms with van der Waals surface area (Å²) in [4.78, 5) is 11.9. The number of rotatable bonds is 8. The highest BCUT2D eigenvalue weighted by Gasteiger charge is 2.08. The molecule has 0 heterocycles. The lowest BCUT2D eigenvalue weighted by atomic mass is 10.1. The van der Waals surface area contributed by atoms with Gasteiger partial charge in [0.1, 0.15) is 5.75 Å². The third kappa shape index (κ3) is 7.02. The van der Waals surface area contributed by atoms with Gasteiger partial charge in [-0.15, -0.1) is 0 Å². The Bertz CT molecular complexity index is 881. The van der Waals surface area contributed by atoms with Crippen LogP contribution in [0.3, 0.4) is 0 Å². The number of ether oxygens (including phenoxy) is 1. The maximum Gasteiger partial charge on any atom is 0.277 e. The van der Waals surface area contributed by atoms with E-state index in [1.165, 1.54) is 11.1 Å². The highest BCUT2D eigenvalue weighted by Crippen LogP contribution is 2.32. The molecule has 4 nitrogen and oxygen atoms in total. The van der Waals surface area contributed by atoms with Crippen molar-refractivity contribution in [2.24, 2.45) is 5.10 Å². The minimum Gasteiger partial charge on any atom is -0.483 e. The number of nitrogens with one attached hydrogen (secondary N) is 1. The van der Waals surface area contributed by atoms with Gasteiger partial charge in [0, 0.05) is 6.21 Å². The number of hydrogen-bond donors (Lipinski definition) is 1. The number of halogens is 1. The molecule has 2 rings (SSSR count). The summed E-state index contributed by atoms with van der Waals surface area (Å²) >= 11 is 3.54. The van der Waals surface area contributed by atoms with Gasteiger partial charge in [-0.25, -0.2) is 5.43 Å². The molecule has 0 spiro atoms. The average Bonchev–Trinajstić information content (AvgIpc) is 2.64. The van der Waals surface area contributed by atoms with E-state index in [0.29, 0.717) is 5.75 Å². The fraction of sp³-hybridized carbons (Fsp3) is 0.273. The first kappa shape index (κ1) is 20.9. The lowest BCUT2D eigenvalue weighted by molar-refractivity contribution is -0.123. The Morgan fingerprint density at radius 2 is 1.96 bits per heavy atom. The second-order valence-electron chi connectivity index (χ2n) is 6.53. The van der Waals surface area contributed by atoms with Crippen molar-refractivity contribution in [1.29, 1.82) is 0 Å². The molecule has 2 aromatic carbocycles. The van der Waals surface area contributed by atoms with E-state index in [1.54, 1.807) is 6.21 Å². The zero-order chi connectivity index (χ0) is 19.6. The maximum absolute atomic E-state index is 11.9. The van der Waals surface area contributed by atoms with Gasteiger partial charge >= 0.3 is 0 Å². The Morgan fingerprint density at radius 1 is 1.19 bits per heavy atom. The highest BCUT2D eigenvalue weighted by molar-refractivity contribution is 9.10. The summed E-state index contributed by atoms with van der Waals surface area (Å²) in [6.07, 6.45) is 7.70. The number of carbonyl (C=O) groups is 1. The monoisotopic (exact) mass is 428 g/mol. The molecule has 0 unspecified atom stereocenters. The van der Waals surface area contributed by atoms with Gasteiger partial charge in [-0.05, 0) is 72.5 Å². The summed E-state index contributed by atoms with van der Waals surface area (Å²) in [5, 5.41) is 6.08. The molecule has 0 saturated carbocycles. The molecule has 142 valence electrons. The van der Waals surface area contributed by atoms with Crippen molar-refractivity contribution in [2.45, 2.75) is 33.6 Å². The number of benzene rings is 2. The van der Waals surface area contributed by atoms with Crippen molar-refractivity contribution in [3.8, 4) is 5.75 Å². The van der Waals surface area contributed by atoms with Crippen LogP contribution in [-0.2, 0) is 4.79 Å². The summed E-state index contributed by atoms with van der Waals surface area (Å²) in [6, 6.07) is 11.8. The normalized spacial score (nSPS) is 11.6. The van der Waals surface area contributed by atoms with Gasteiger partial charge in [0.05, 0.1) is 4.47 Å². The van der Waals surface area contributed by atoms with Crippen molar-refractivity contribution in [1.82, 2.24) is 5.43 Å². The van der Waals surface area contributed by atoms with Gasteiger partial charge in [0.2, 0.25) is 0 Å². The number of hydrazone groups is 1. The van der Waals surface area contributed by atoms with E-state index in [1.807, 2.05) is 49.4 Å². The van der Waals surface area contributed by atoms with Gasteiger partial charge in [0.15, 0.2) is 6.61 Å². The van der Waals surface area contributed by atoms with Crippen molar-refractivity contribution in [3.05, 3.63) is 64.2 Å². The Kier molecular flexibility index (Phi) is 8.27. The van der Waals surface area contributed by atoms with Crippen LogP contribution in [0.4, 0.5) is 0 Å². The smallest absolute Gasteiger partial charge is 0.277 e. The minimum absolute atomic E-state index is 0.0997. The van der Waals surface area contributed by atoms with E-state index in [2.05, 4.69) is 46.4 Å². The van der Waals surface area contributed by atoms with E-state index < -0.39 is 0 Å². The minimum atomic E-state index is -0.304. The van der Waals surface area contributed by atoms with Crippen molar-refractivity contribution in [2.75, 3.05) is 6.61 Å². The fourth-order valence-electron chi connectivity index (χ4n) is 2.45. The Hall–Kier alpha value is -2.40. The predicted octanol–water partition coefficient (Wildman–Crippen LogP) is 5.78. The summed E-state index contributed by atoms with van der Waals surface area (Å²) in [6.45, 7) is 6.13. The van der Waals surface area contributed by atoms with Gasteiger partial charge in [-0.1, -0.05) is 47.6 Å². The molecule has 2 aromatic rings. The number of hydrogen-bond acceptors (Lipinski definition) is 3. The topological polar surface area (TPSA) is 50.7 Å². The molecule has 0 aliphatic heterocycles. The number of carbonyl (C=O) groups excluding carboxylic acids is 1. The van der Waals surface area contributed by atoms with Crippen LogP contribution in [0.1, 0.15) is 33.6 Å². The molecule has 0 bridgehead atoms. The van der Waals surface area contributed by atoms with Crippen LogP contribution in [0, 0.1) is 0 Å². The Balaban J connectivity index is 1.81. The summed E-state index contributed by atoms with van der Waals surface area (Å²) < 4.78 is 6.45. The standard InChI is InChI=1S/C22H25BrN2O2/c1-16(2)7-6-8-17(3)13-14-24-25-21(26)15-27-20-12-11-18-9-4-5-10-19(18)22(20)23/h4-5,7,9-14H,6,8,15H2,1-3H3,(H,25,26)/b17-13+,24-14-. The predicted molar refractivity (Wildman–Crippen MR) is 116 cm³/mol. The first-order valence-corrected chi connectivity index (χ1v) is 9.67. The molecule has 1 amide bonds. The number of nitrogens with zero attached hydrogens (tertiary/aromatic N) is 1. The van der Waals surface area contributed by atoms with Gasteiger partial charge < -0.3 is 4.74 Å². The second-order valence-corrected chi connectivity index (χ2v) is 7.33. The molecule has 0 fully saturated rings. The molecule has 0 saturated heterocycles. The molecular formula is C22H25BrN2O2. The van der Waals surface area contributed by atoms with Gasteiger partial charge in [-0.2, -0.15) is 5.10 Å². The highest BCUT2D eigenvalue weighted by atomic mass is 79.9. The molecule has 5 heteroatoms. The van der Waals surface area contributed by atoms with E-state index in [9.17, 15) is 4.79 Å². The van der Waals surface area contributed by atoms with Crippen molar-refractivity contribution in [3.63, 3.8) is 0 Å².